The van der Waals surface area contributed by atoms with Crippen LogP contribution in [0.5, 0.6) is 0 Å². The first-order chi connectivity index (χ1) is 14.7. The van der Waals surface area contributed by atoms with Crippen LogP contribution in [0.1, 0.15) is 41.0 Å². The summed E-state index contributed by atoms with van der Waals surface area (Å²) < 4.78 is 27.3. The van der Waals surface area contributed by atoms with E-state index in [-0.39, 0.29) is 10.5 Å². The predicted octanol–water partition coefficient (Wildman–Crippen LogP) is 2.59. The Balaban J connectivity index is 1.57. The number of carbonyl (C=O) groups is 2. The number of halogens is 1. The molecule has 1 aliphatic heterocycles. The Morgan fingerprint density at radius 2 is 1.32 bits per heavy atom. The number of sulfonamides is 1. The molecule has 31 heavy (non-hydrogen) atoms. The molecule has 0 aliphatic carbocycles. The fraction of sp³-hybridized carbons (Fsp3) is 0.333. The Kier molecular flexibility index (Phi) is 7.32. The molecule has 2 aromatic rings. The van der Waals surface area contributed by atoms with Crippen molar-refractivity contribution in [3.05, 3.63) is 64.7 Å². The van der Waals surface area contributed by atoms with Crippen molar-refractivity contribution in [1.82, 2.24) is 20.7 Å². The van der Waals surface area contributed by atoms with Crippen LogP contribution in [0.15, 0.2) is 53.4 Å². The number of hydrogen-bond acceptors (Lipinski definition) is 5. The van der Waals surface area contributed by atoms with Gasteiger partial charge in [-0.2, -0.15) is 4.31 Å². The number of hydrazine groups is 2. The second-order valence-electron chi connectivity index (χ2n) is 7.83. The molecule has 8 nitrogen and oxygen atoms in total. The first-order valence-corrected chi connectivity index (χ1v) is 11.7. The number of piperidine rings is 1. The molecule has 0 bridgehead atoms. The molecule has 1 heterocycles. The lowest BCUT2D eigenvalue weighted by Crippen LogP contribution is -2.49. The summed E-state index contributed by atoms with van der Waals surface area (Å²) in [7, 11) is -3.61. The molecule has 0 radical (unpaired) electrons. The van der Waals surface area contributed by atoms with Crippen molar-refractivity contribution in [3.63, 3.8) is 0 Å². The lowest BCUT2D eigenvalue weighted by Gasteiger charge is -2.34. The van der Waals surface area contributed by atoms with E-state index in [0.717, 1.165) is 6.42 Å². The second kappa shape index (κ2) is 9.78. The van der Waals surface area contributed by atoms with Gasteiger partial charge in [0.05, 0.1) is 4.90 Å². The average molecular weight is 465 g/mol. The van der Waals surface area contributed by atoms with Gasteiger partial charge >= 0.3 is 0 Å². The summed E-state index contributed by atoms with van der Waals surface area (Å²) in [5.41, 5.74) is 7.63. The predicted molar refractivity (Wildman–Crippen MR) is 118 cm³/mol. The molecule has 1 aliphatic rings. The third-order valence-corrected chi connectivity index (χ3v) is 7.15. The first-order valence-electron chi connectivity index (χ1n) is 9.88. The maximum atomic E-state index is 12.9. The Morgan fingerprint density at radius 3 is 1.81 bits per heavy atom. The Morgan fingerprint density at radius 1 is 0.871 bits per heavy atom. The van der Waals surface area contributed by atoms with E-state index in [2.05, 4.69) is 16.4 Å². The van der Waals surface area contributed by atoms with Gasteiger partial charge in [0.25, 0.3) is 11.8 Å². The van der Waals surface area contributed by atoms with Gasteiger partial charge in [0.15, 0.2) is 0 Å². The molecule has 3 N–H and O–H groups in total. The van der Waals surface area contributed by atoms with Gasteiger partial charge in [0.1, 0.15) is 0 Å². The zero-order chi connectivity index (χ0) is 22.6. The molecular weight excluding hydrogens is 440 g/mol. The van der Waals surface area contributed by atoms with Crippen molar-refractivity contribution in [3.8, 4) is 0 Å². The third-order valence-electron chi connectivity index (χ3n) is 5.05. The van der Waals surface area contributed by atoms with Crippen molar-refractivity contribution >= 4 is 33.4 Å². The summed E-state index contributed by atoms with van der Waals surface area (Å²) in [5, 5.41) is 0.507. The van der Waals surface area contributed by atoms with Crippen LogP contribution in [0.2, 0.25) is 5.02 Å². The molecule has 3 rings (SSSR count). The van der Waals surface area contributed by atoms with Gasteiger partial charge in [-0.25, -0.2) is 8.42 Å². The topological polar surface area (TPSA) is 108 Å². The van der Waals surface area contributed by atoms with Gasteiger partial charge < -0.3 is 0 Å². The van der Waals surface area contributed by atoms with Gasteiger partial charge in [-0.15, -0.1) is 5.53 Å². The molecule has 0 aromatic heterocycles. The maximum absolute atomic E-state index is 12.9. The maximum Gasteiger partial charge on any atom is 0.266 e. The number of carbonyl (C=O) groups excluding carboxylic acids is 2. The number of amides is 2. The summed E-state index contributed by atoms with van der Waals surface area (Å²) >= 11 is 5.78. The SMILES string of the molecule is CC1CC(C)CN(S(=O)(=O)c2ccc(C(=O)NNNC(=O)c3ccc(Cl)cc3)cc2)C1. The van der Waals surface area contributed by atoms with Crippen molar-refractivity contribution in [2.24, 2.45) is 11.8 Å². The zero-order valence-corrected chi connectivity index (χ0v) is 18.8. The highest BCUT2D eigenvalue weighted by Crippen LogP contribution is 2.26. The van der Waals surface area contributed by atoms with E-state index in [1.54, 1.807) is 24.3 Å². The van der Waals surface area contributed by atoms with Crippen molar-refractivity contribution in [2.45, 2.75) is 25.2 Å². The molecule has 2 amide bonds. The molecule has 166 valence electrons. The molecule has 2 unspecified atom stereocenters. The quantitative estimate of drug-likeness (QED) is 0.569. The van der Waals surface area contributed by atoms with Gasteiger partial charge in [0, 0.05) is 29.2 Å². The second-order valence-corrected chi connectivity index (χ2v) is 10.2. The van der Waals surface area contributed by atoms with E-state index in [0.29, 0.717) is 35.5 Å². The highest BCUT2D eigenvalue weighted by Gasteiger charge is 2.31. The van der Waals surface area contributed by atoms with Crippen LogP contribution in [0, 0.1) is 11.8 Å². The summed E-state index contributed by atoms with van der Waals surface area (Å²) in [5.74, 6) is -0.376. The van der Waals surface area contributed by atoms with E-state index in [4.69, 9.17) is 11.6 Å². The van der Waals surface area contributed by atoms with Gasteiger partial charge in [-0.3, -0.25) is 20.4 Å². The van der Waals surface area contributed by atoms with Crippen molar-refractivity contribution in [1.29, 1.82) is 0 Å². The lowest BCUT2D eigenvalue weighted by molar-refractivity contribution is 0.0874. The first kappa shape index (κ1) is 23.2. The smallest absolute Gasteiger partial charge is 0.266 e. The van der Waals surface area contributed by atoms with E-state index in [1.807, 2.05) is 13.8 Å². The molecule has 0 spiro atoms. The van der Waals surface area contributed by atoms with Crippen LogP contribution < -0.4 is 16.4 Å². The van der Waals surface area contributed by atoms with E-state index in [1.165, 1.54) is 28.6 Å². The number of rotatable bonds is 6. The Hall–Kier alpha value is -2.46. The van der Waals surface area contributed by atoms with Crippen LogP contribution in [0.4, 0.5) is 0 Å². The van der Waals surface area contributed by atoms with Crippen molar-refractivity contribution in [2.75, 3.05) is 13.1 Å². The highest BCUT2D eigenvalue weighted by atomic mass is 35.5. The molecule has 2 atom stereocenters. The summed E-state index contributed by atoms with van der Waals surface area (Å²) in [6.07, 6.45) is 1.01. The van der Waals surface area contributed by atoms with Gasteiger partial charge in [0.2, 0.25) is 10.0 Å². The number of benzene rings is 2. The molecule has 1 fully saturated rings. The summed E-state index contributed by atoms with van der Waals surface area (Å²) in [6, 6.07) is 11.9. The number of nitrogens with one attached hydrogen (secondary N) is 3. The van der Waals surface area contributed by atoms with Crippen LogP contribution >= 0.6 is 11.6 Å². The Labute approximate surface area is 187 Å². The fourth-order valence-corrected chi connectivity index (χ4v) is 5.43. The third kappa shape index (κ3) is 5.82. The normalized spacial score (nSPS) is 19.6. The van der Waals surface area contributed by atoms with Crippen LogP contribution in [-0.2, 0) is 10.0 Å². The van der Waals surface area contributed by atoms with Crippen LogP contribution in [-0.4, -0.2) is 37.6 Å². The van der Waals surface area contributed by atoms with E-state index >= 15 is 0 Å². The molecular formula is C21H25ClN4O4S. The molecule has 0 saturated carbocycles. The number of hydrogen-bond donors (Lipinski definition) is 3. The summed E-state index contributed by atoms with van der Waals surface area (Å²) in [4.78, 5) is 24.4. The summed E-state index contributed by atoms with van der Waals surface area (Å²) in [6.45, 7) is 5.08. The van der Waals surface area contributed by atoms with Crippen LogP contribution in [0.25, 0.3) is 0 Å². The van der Waals surface area contributed by atoms with Crippen LogP contribution in [0.3, 0.4) is 0 Å². The monoisotopic (exact) mass is 464 g/mol. The zero-order valence-electron chi connectivity index (χ0n) is 17.3. The minimum atomic E-state index is -3.61. The van der Waals surface area contributed by atoms with E-state index in [9.17, 15) is 18.0 Å². The Bertz CT molecular complexity index is 1030. The van der Waals surface area contributed by atoms with Gasteiger partial charge in [-0.1, -0.05) is 25.4 Å². The molecule has 1 saturated heterocycles. The minimum absolute atomic E-state index is 0.148. The van der Waals surface area contributed by atoms with Gasteiger partial charge in [-0.05, 0) is 66.8 Å². The number of nitrogens with zero attached hydrogens (tertiary/aromatic N) is 1. The lowest BCUT2D eigenvalue weighted by atomic mass is 9.94. The fourth-order valence-electron chi connectivity index (χ4n) is 3.62. The average Bonchev–Trinajstić information content (AvgIpc) is 2.73. The molecule has 10 heteroatoms. The molecule has 2 aromatic carbocycles. The minimum Gasteiger partial charge on any atom is -0.269 e. The largest absolute Gasteiger partial charge is 0.269 e. The van der Waals surface area contributed by atoms with Crippen molar-refractivity contribution < 1.29 is 18.0 Å². The standard InChI is InChI=1S/C21H25ClN4O4S/c1-14-11-15(2)13-26(12-14)31(29,30)19-9-5-17(6-10-19)21(28)24-25-23-20(27)16-3-7-18(22)8-4-16/h3-10,14-15,25H,11-13H2,1-2H3,(H,23,27)(H,24,28). The highest BCUT2D eigenvalue weighted by molar-refractivity contribution is 7.89. The van der Waals surface area contributed by atoms with E-state index < -0.39 is 21.8 Å².